The Kier molecular flexibility index (Phi) is 3.01. The lowest BCUT2D eigenvalue weighted by Crippen LogP contribution is -2.23. The van der Waals surface area contributed by atoms with Crippen LogP contribution in [0.2, 0.25) is 0 Å². The van der Waals surface area contributed by atoms with Crippen molar-refractivity contribution in [3.8, 4) is 0 Å². The normalized spacial score (nSPS) is 13.9. The van der Waals surface area contributed by atoms with Crippen molar-refractivity contribution in [3.63, 3.8) is 0 Å². The summed E-state index contributed by atoms with van der Waals surface area (Å²) < 4.78 is 41.7. The summed E-state index contributed by atoms with van der Waals surface area (Å²) in [5, 5.41) is 11.6. The molecule has 0 bridgehead atoms. The van der Waals surface area contributed by atoms with Crippen LogP contribution < -0.4 is 0 Å². The molecular weight excluding hydrogens is 215 g/mol. The third-order valence-electron chi connectivity index (χ3n) is 1.76. The third-order valence-corrected chi connectivity index (χ3v) is 1.76. The summed E-state index contributed by atoms with van der Waals surface area (Å²) in [7, 11) is 0. The summed E-state index contributed by atoms with van der Waals surface area (Å²) in [6.07, 6.45) is -5.71. The number of halogens is 3. The van der Waals surface area contributed by atoms with Crippen LogP contribution in [0.1, 0.15) is 23.8 Å². The molecule has 0 amide bonds. The van der Waals surface area contributed by atoms with Gasteiger partial charge in [0.2, 0.25) is 0 Å². The van der Waals surface area contributed by atoms with Crippen molar-refractivity contribution in [1.82, 2.24) is 5.16 Å². The van der Waals surface area contributed by atoms with Gasteiger partial charge in [-0.15, -0.1) is 0 Å². The summed E-state index contributed by atoms with van der Waals surface area (Å²) in [5.41, 5.74) is 0.282. The van der Waals surface area contributed by atoms with E-state index in [9.17, 15) is 18.0 Å². The van der Waals surface area contributed by atoms with Crippen LogP contribution in [0.25, 0.3) is 0 Å². The van der Waals surface area contributed by atoms with Gasteiger partial charge >= 0.3 is 12.1 Å². The second-order valence-corrected chi connectivity index (χ2v) is 3.06. The van der Waals surface area contributed by atoms with E-state index in [1.165, 1.54) is 6.92 Å². The fourth-order valence-electron chi connectivity index (χ4n) is 1.10. The second-order valence-electron chi connectivity index (χ2n) is 3.06. The average molecular weight is 223 g/mol. The number of carbonyl (C=O) groups is 1. The SMILES string of the molecule is Cc1cc(C(CC(=O)O)C(F)(F)F)on1. The van der Waals surface area contributed by atoms with Crippen molar-refractivity contribution in [2.75, 3.05) is 0 Å². The molecule has 0 aliphatic carbocycles. The van der Waals surface area contributed by atoms with Crippen molar-refractivity contribution in [3.05, 3.63) is 17.5 Å². The van der Waals surface area contributed by atoms with Crippen molar-refractivity contribution in [2.45, 2.75) is 25.4 Å². The number of carboxylic acids is 1. The monoisotopic (exact) mass is 223 g/mol. The van der Waals surface area contributed by atoms with Gasteiger partial charge in [-0.2, -0.15) is 13.2 Å². The third kappa shape index (κ3) is 2.97. The maximum Gasteiger partial charge on any atom is 0.399 e. The predicted octanol–water partition coefficient (Wildman–Crippen LogP) is 2.10. The van der Waals surface area contributed by atoms with Crippen LogP contribution in [0, 0.1) is 6.92 Å². The quantitative estimate of drug-likeness (QED) is 0.852. The maximum atomic E-state index is 12.4. The van der Waals surface area contributed by atoms with Crippen LogP contribution in [0.15, 0.2) is 10.6 Å². The number of alkyl halides is 3. The average Bonchev–Trinajstić information content (AvgIpc) is 2.45. The van der Waals surface area contributed by atoms with Gasteiger partial charge < -0.3 is 9.63 Å². The zero-order chi connectivity index (χ0) is 11.6. The molecule has 1 N–H and O–H groups in total. The fourth-order valence-corrected chi connectivity index (χ4v) is 1.10. The zero-order valence-corrected chi connectivity index (χ0v) is 7.71. The van der Waals surface area contributed by atoms with Crippen LogP contribution in [-0.4, -0.2) is 22.4 Å². The van der Waals surface area contributed by atoms with E-state index in [2.05, 4.69) is 9.68 Å². The molecule has 0 aliphatic rings. The fraction of sp³-hybridized carbons (Fsp3) is 0.500. The van der Waals surface area contributed by atoms with Crippen molar-refractivity contribution >= 4 is 5.97 Å². The molecule has 1 aromatic rings. The molecule has 7 heteroatoms. The Morgan fingerprint density at radius 1 is 1.67 bits per heavy atom. The lowest BCUT2D eigenvalue weighted by molar-refractivity contribution is -0.166. The molecule has 0 aromatic carbocycles. The van der Waals surface area contributed by atoms with Gasteiger partial charge in [-0.3, -0.25) is 4.79 Å². The predicted molar refractivity (Wildman–Crippen MR) is 42.3 cm³/mol. The van der Waals surface area contributed by atoms with Gasteiger partial charge in [0.15, 0.2) is 0 Å². The van der Waals surface area contributed by atoms with Crippen molar-refractivity contribution < 1.29 is 27.6 Å². The summed E-state index contributed by atoms with van der Waals surface area (Å²) in [4.78, 5) is 10.3. The van der Waals surface area contributed by atoms with Gasteiger partial charge in [-0.05, 0) is 6.92 Å². The number of aromatic nitrogens is 1. The number of hydrogen-bond acceptors (Lipinski definition) is 3. The van der Waals surface area contributed by atoms with Gasteiger partial charge in [0, 0.05) is 6.07 Å². The van der Waals surface area contributed by atoms with Crippen LogP contribution in [0.4, 0.5) is 13.2 Å². The van der Waals surface area contributed by atoms with Crippen LogP contribution in [-0.2, 0) is 4.79 Å². The number of carboxylic acid groups (broad SMARTS) is 1. The van der Waals surface area contributed by atoms with E-state index in [0.717, 1.165) is 6.07 Å². The highest BCUT2D eigenvalue weighted by molar-refractivity contribution is 5.68. The molecule has 0 radical (unpaired) electrons. The summed E-state index contributed by atoms with van der Waals surface area (Å²) in [5.74, 6) is -4.15. The molecule has 0 saturated carbocycles. The van der Waals surface area contributed by atoms with Crippen LogP contribution in [0.3, 0.4) is 0 Å². The van der Waals surface area contributed by atoms with Gasteiger partial charge in [-0.1, -0.05) is 5.16 Å². The molecule has 1 aromatic heterocycles. The standard InChI is InChI=1S/C8H8F3NO3/c1-4-2-6(15-12-4)5(3-7(13)14)8(9,10)11/h2,5H,3H2,1H3,(H,13,14). The smallest absolute Gasteiger partial charge is 0.399 e. The first-order chi connectivity index (χ1) is 6.80. The number of aryl methyl sites for hydroxylation is 1. The minimum atomic E-state index is -4.65. The van der Waals surface area contributed by atoms with E-state index in [4.69, 9.17) is 5.11 Å². The molecule has 0 fully saturated rings. The molecular formula is C8H8F3NO3. The van der Waals surface area contributed by atoms with E-state index >= 15 is 0 Å². The largest absolute Gasteiger partial charge is 0.481 e. The molecule has 1 atom stereocenters. The van der Waals surface area contributed by atoms with Gasteiger partial charge in [-0.25, -0.2) is 0 Å². The minimum Gasteiger partial charge on any atom is -0.481 e. The van der Waals surface area contributed by atoms with Crippen LogP contribution in [0.5, 0.6) is 0 Å². The molecule has 0 saturated heterocycles. The summed E-state index contributed by atoms with van der Waals surface area (Å²) in [6.45, 7) is 1.46. The summed E-state index contributed by atoms with van der Waals surface area (Å²) in [6, 6.07) is 1.08. The van der Waals surface area contributed by atoms with Crippen molar-refractivity contribution in [1.29, 1.82) is 0 Å². The number of rotatable bonds is 3. The molecule has 15 heavy (non-hydrogen) atoms. The number of hydrogen-bond donors (Lipinski definition) is 1. The molecule has 4 nitrogen and oxygen atoms in total. The number of aliphatic carboxylic acids is 1. The van der Waals surface area contributed by atoms with Gasteiger partial charge in [0.05, 0.1) is 12.1 Å². The zero-order valence-electron chi connectivity index (χ0n) is 7.71. The Hall–Kier alpha value is -1.53. The van der Waals surface area contributed by atoms with Crippen LogP contribution >= 0.6 is 0 Å². The van der Waals surface area contributed by atoms with Crippen molar-refractivity contribution in [2.24, 2.45) is 0 Å². The lowest BCUT2D eigenvalue weighted by atomic mass is 10.0. The van der Waals surface area contributed by atoms with Gasteiger partial charge in [0.1, 0.15) is 11.7 Å². The summed E-state index contributed by atoms with van der Waals surface area (Å²) >= 11 is 0. The highest BCUT2D eigenvalue weighted by atomic mass is 19.4. The Labute approximate surface area is 82.7 Å². The highest BCUT2D eigenvalue weighted by Crippen LogP contribution is 2.37. The van der Waals surface area contributed by atoms with E-state index in [1.807, 2.05) is 0 Å². The highest BCUT2D eigenvalue weighted by Gasteiger charge is 2.44. The van der Waals surface area contributed by atoms with Gasteiger partial charge in [0.25, 0.3) is 0 Å². The molecule has 1 heterocycles. The Bertz CT molecular complexity index is 358. The molecule has 0 aliphatic heterocycles. The van der Waals surface area contributed by atoms with E-state index < -0.39 is 30.2 Å². The first kappa shape index (κ1) is 11.5. The molecule has 1 unspecified atom stereocenters. The maximum absolute atomic E-state index is 12.4. The molecule has 1 rings (SSSR count). The first-order valence-electron chi connectivity index (χ1n) is 4.02. The topological polar surface area (TPSA) is 63.3 Å². The van der Waals surface area contributed by atoms with E-state index in [0.29, 0.717) is 0 Å². The molecule has 84 valence electrons. The Balaban J connectivity index is 2.96. The Morgan fingerprint density at radius 2 is 2.27 bits per heavy atom. The second kappa shape index (κ2) is 3.92. The Morgan fingerprint density at radius 3 is 2.60 bits per heavy atom. The molecule has 0 spiro atoms. The number of nitrogens with zero attached hydrogens (tertiary/aromatic N) is 1. The van der Waals surface area contributed by atoms with E-state index in [1.54, 1.807) is 0 Å². The lowest BCUT2D eigenvalue weighted by Gasteiger charge is -2.14. The minimum absolute atomic E-state index is 0.282. The first-order valence-corrected chi connectivity index (χ1v) is 4.02. The van der Waals surface area contributed by atoms with E-state index in [-0.39, 0.29) is 5.69 Å².